The minimum absolute atomic E-state index is 0.184. The van der Waals surface area contributed by atoms with Gasteiger partial charge < -0.3 is 4.74 Å². The lowest BCUT2D eigenvalue weighted by atomic mass is 9.97. The predicted molar refractivity (Wildman–Crippen MR) is 153 cm³/mol. The van der Waals surface area contributed by atoms with E-state index in [2.05, 4.69) is 16.5 Å². The van der Waals surface area contributed by atoms with Crippen LogP contribution in [-0.2, 0) is 14.8 Å². The number of fused-ring (bicyclic) bond motifs is 1. The van der Waals surface area contributed by atoms with Crippen molar-refractivity contribution in [3.05, 3.63) is 76.6 Å². The van der Waals surface area contributed by atoms with Crippen LogP contribution in [0.25, 0.3) is 15.6 Å². The fourth-order valence-corrected chi connectivity index (χ4v) is 5.60. The molecule has 1 fully saturated rings. The molecular weight excluding hydrogens is 512 g/mol. The molecule has 39 heavy (non-hydrogen) atoms. The van der Waals surface area contributed by atoms with Crippen molar-refractivity contribution in [1.29, 1.82) is 5.26 Å². The van der Waals surface area contributed by atoms with Gasteiger partial charge in [0.1, 0.15) is 5.75 Å². The van der Waals surface area contributed by atoms with Gasteiger partial charge in [-0.2, -0.15) is 5.26 Å². The van der Waals surface area contributed by atoms with E-state index in [1.165, 1.54) is 6.07 Å². The zero-order chi connectivity index (χ0) is 28.4. The summed E-state index contributed by atoms with van der Waals surface area (Å²) in [7, 11) is -3.63. The number of carbonyl (C=O) groups is 1. The lowest BCUT2D eigenvalue weighted by Crippen LogP contribution is -2.27. The van der Waals surface area contributed by atoms with Crippen molar-refractivity contribution in [2.75, 3.05) is 15.9 Å². The molecule has 1 aliphatic rings. The molecular formula is C30H32N4O4S. The molecule has 0 spiro atoms. The highest BCUT2D eigenvalue weighted by Crippen LogP contribution is 2.49. The van der Waals surface area contributed by atoms with Crippen molar-refractivity contribution in [1.82, 2.24) is 0 Å². The number of hydrogen-bond acceptors (Lipinski definition) is 5. The zero-order valence-corrected chi connectivity index (χ0v) is 23.4. The van der Waals surface area contributed by atoms with Crippen molar-refractivity contribution in [2.45, 2.75) is 64.6 Å². The van der Waals surface area contributed by atoms with E-state index in [0.29, 0.717) is 34.2 Å². The van der Waals surface area contributed by atoms with Crippen molar-refractivity contribution in [2.24, 2.45) is 0 Å². The monoisotopic (exact) mass is 544 g/mol. The van der Waals surface area contributed by atoms with Crippen LogP contribution in [0.2, 0.25) is 0 Å². The predicted octanol–water partition coefficient (Wildman–Crippen LogP) is 6.40. The molecule has 3 aromatic carbocycles. The highest BCUT2D eigenvalue weighted by atomic mass is 32.2. The second kappa shape index (κ2) is 11.0. The standard InChI is InChI=1S/C30H32N4O4S/c1-6-7-8-9-15-30(38-28-14-13-20(2)16-21(28)3)29(35)34(30)27-12-10-11-23-24(26(19-31)32-4)17-22(18-25(23)27)33-39(5,36)37/h10-14,16-18,26,33H,6-9,15H2,1-3,5H3. The third kappa shape index (κ3) is 5.69. The average Bonchev–Trinajstić information content (AvgIpc) is 3.45. The third-order valence-corrected chi connectivity index (χ3v) is 7.53. The van der Waals surface area contributed by atoms with Gasteiger partial charge in [0.15, 0.2) is 6.07 Å². The normalized spacial score (nSPS) is 17.4. The van der Waals surface area contributed by atoms with Gasteiger partial charge in [0.25, 0.3) is 11.6 Å². The number of aryl methyl sites for hydroxylation is 2. The Bertz CT molecular complexity index is 1610. The number of ether oxygens (including phenoxy) is 1. The first-order valence-corrected chi connectivity index (χ1v) is 14.9. The molecule has 1 heterocycles. The summed E-state index contributed by atoms with van der Waals surface area (Å²) in [4.78, 5) is 18.7. The smallest absolute Gasteiger partial charge is 0.333 e. The third-order valence-electron chi connectivity index (χ3n) is 6.92. The number of nitrogens with one attached hydrogen (secondary N) is 1. The maximum Gasteiger partial charge on any atom is 0.333 e. The summed E-state index contributed by atoms with van der Waals surface area (Å²) in [5, 5.41) is 10.8. The van der Waals surface area contributed by atoms with E-state index in [1.807, 2.05) is 38.1 Å². The quantitative estimate of drug-likeness (QED) is 0.171. The highest BCUT2D eigenvalue weighted by molar-refractivity contribution is 7.92. The number of nitrogens with zero attached hydrogens (tertiary/aromatic N) is 3. The molecule has 8 nitrogen and oxygen atoms in total. The van der Waals surface area contributed by atoms with Crippen LogP contribution in [0.4, 0.5) is 11.4 Å². The molecule has 2 atom stereocenters. The van der Waals surface area contributed by atoms with E-state index >= 15 is 0 Å². The molecule has 0 radical (unpaired) electrons. The van der Waals surface area contributed by atoms with Crippen LogP contribution in [0.3, 0.4) is 0 Å². The van der Waals surface area contributed by atoms with Gasteiger partial charge in [-0.15, -0.1) is 0 Å². The molecule has 0 aliphatic carbocycles. The number of amides is 1. The van der Waals surface area contributed by atoms with Crippen molar-refractivity contribution < 1.29 is 17.9 Å². The summed E-state index contributed by atoms with van der Waals surface area (Å²) in [6.45, 7) is 13.6. The summed E-state index contributed by atoms with van der Waals surface area (Å²) in [6.07, 6.45) is 5.40. The highest BCUT2D eigenvalue weighted by Gasteiger charge is 2.66. The first-order valence-electron chi connectivity index (χ1n) is 13.0. The molecule has 202 valence electrons. The topological polar surface area (TPSA) is 104 Å². The van der Waals surface area contributed by atoms with Gasteiger partial charge in [-0.1, -0.05) is 56.0 Å². The molecule has 3 aromatic rings. The number of rotatable bonds is 11. The summed E-state index contributed by atoms with van der Waals surface area (Å²) >= 11 is 0. The molecule has 1 N–H and O–H groups in total. The fourth-order valence-electron chi connectivity index (χ4n) is 5.06. The van der Waals surface area contributed by atoms with E-state index in [4.69, 9.17) is 11.3 Å². The van der Waals surface area contributed by atoms with Gasteiger partial charge in [-0.3, -0.25) is 19.3 Å². The number of hydrogen-bond donors (Lipinski definition) is 1. The van der Waals surface area contributed by atoms with Gasteiger partial charge in [-0.25, -0.2) is 15.0 Å². The number of anilines is 2. The van der Waals surface area contributed by atoms with Crippen LogP contribution in [0, 0.1) is 31.8 Å². The number of sulfonamides is 1. The van der Waals surface area contributed by atoms with Crippen LogP contribution < -0.4 is 14.4 Å². The largest absolute Gasteiger partial charge is 0.458 e. The molecule has 1 aliphatic heterocycles. The zero-order valence-electron chi connectivity index (χ0n) is 22.6. The molecule has 1 saturated heterocycles. The molecule has 9 heteroatoms. The lowest BCUT2D eigenvalue weighted by Gasteiger charge is -2.21. The van der Waals surface area contributed by atoms with Crippen LogP contribution in [0.5, 0.6) is 5.75 Å². The first-order chi connectivity index (χ1) is 18.5. The molecule has 0 aromatic heterocycles. The summed E-state index contributed by atoms with van der Waals surface area (Å²) in [5.74, 6) is 0.446. The molecule has 2 unspecified atom stereocenters. The summed E-state index contributed by atoms with van der Waals surface area (Å²) in [5.41, 5.74) is 1.95. The Morgan fingerprint density at radius 3 is 2.54 bits per heavy atom. The van der Waals surface area contributed by atoms with E-state index in [1.54, 1.807) is 29.2 Å². The summed E-state index contributed by atoms with van der Waals surface area (Å²) < 4.78 is 33.1. The Hall–Kier alpha value is -4.08. The SMILES string of the molecule is [C-]#[N+]C(C#N)c1cc(NS(C)(=O)=O)cc2c(N3C(=O)C3(CCCCCC)Oc3ccc(C)cc3C)cccc12. The number of benzene rings is 3. The maximum atomic E-state index is 13.7. The number of carbonyl (C=O) groups excluding carboxylic acids is 1. The Morgan fingerprint density at radius 2 is 1.90 bits per heavy atom. The fraction of sp³-hybridized carbons (Fsp3) is 0.367. The van der Waals surface area contributed by atoms with Gasteiger partial charge >= 0.3 is 6.04 Å². The van der Waals surface area contributed by atoms with Crippen molar-refractivity contribution in [3.63, 3.8) is 0 Å². The minimum Gasteiger partial charge on any atom is -0.458 e. The van der Waals surface area contributed by atoms with Gasteiger partial charge in [0.2, 0.25) is 10.0 Å². The lowest BCUT2D eigenvalue weighted by molar-refractivity contribution is -0.115. The van der Waals surface area contributed by atoms with Gasteiger partial charge in [0, 0.05) is 17.5 Å². The van der Waals surface area contributed by atoms with Crippen LogP contribution in [-0.4, -0.2) is 26.3 Å². The maximum absolute atomic E-state index is 13.7. The molecule has 1 amide bonds. The Balaban J connectivity index is 1.86. The summed E-state index contributed by atoms with van der Waals surface area (Å²) in [6, 6.07) is 15.2. The van der Waals surface area contributed by atoms with Crippen LogP contribution in [0.15, 0.2) is 48.5 Å². The molecule has 0 saturated carbocycles. The van der Waals surface area contributed by atoms with E-state index in [-0.39, 0.29) is 11.6 Å². The molecule has 4 rings (SSSR count). The second-order valence-electron chi connectivity index (χ2n) is 10.1. The molecule has 0 bridgehead atoms. The van der Waals surface area contributed by atoms with E-state index in [9.17, 15) is 18.5 Å². The van der Waals surface area contributed by atoms with E-state index in [0.717, 1.165) is 43.1 Å². The average molecular weight is 545 g/mol. The Kier molecular flexibility index (Phi) is 7.85. The number of unbranched alkanes of at least 4 members (excludes halogenated alkanes) is 3. The Morgan fingerprint density at radius 1 is 1.13 bits per heavy atom. The van der Waals surface area contributed by atoms with Gasteiger partial charge in [0.05, 0.1) is 17.5 Å². The van der Waals surface area contributed by atoms with E-state index < -0.39 is 21.8 Å². The van der Waals surface area contributed by atoms with Crippen LogP contribution >= 0.6 is 0 Å². The Labute approximate surface area is 230 Å². The first kappa shape index (κ1) is 27.9. The van der Waals surface area contributed by atoms with Crippen molar-refractivity contribution in [3.8, 4) is 11.8 Å². The number of nitriles is 1. The van der Waals surface area contributed by atoms with Gasteiger partial charge in [-0.05, 0) is 55.5 Å². The second-order valence-corrected chi connectivity index (χ2v) is 11.8. The minimum atomic E-state index is -3.63. The van der Waals surface area contributed by atoms with Crippen molar-refractivity contribution >= 4 is 38.1 Å². The van der Waals surface area contributed by atoms with Crippen LogP contribution in [0.1, 0.15) is 61.8 Å².